The van der Waals surface area contributed by atoms with Crippen LogP contribution in [0.3, 0.4) is 0 Å². The first-order chi connectivity index (χ1) is 10.1. The zero-order chi connectivity index (χ0) is 15.2. The Morgan fingerprint density at radius 1 is 1.14 bits per heavy atom. The molecule has 0 fully saturated rings. The van der Waals surface area contributed by atoms with Gasteiger partial charge in [-0.15, -0.1) is 0 Å². The van der Waals surface area contributed by atoms with Gasteiger partial charge in [-0.2, -0.15) is 0 Å². The molecule has 0 spiro atoms. The van der Waals surface area contributed by atoms with E-state index < -0.39 is 4.92 Å². The quantitative estimate of drug-likeness (QED) is 0.677. The van der Waals surface area contributed by atoms with E-state index >= 15 is 0 Å². The number of hydrogen-bond donors (Lipinski definition) is 1. The van der Waals surface area contributed by atoms with Gasteiger partial charge in [-0.25, -0.2) is 0 Å². The summed E-state index contributed by atoms with van der Waals surface area (Å²) in [4.78, 5) is 22.1. The van der Waals surface area contributed by atoms with Crippen molar-refractivity contribution in [1.82, 2.24) is 5.32 Å². The second-order valence-electron chi connectivity index (χ2n) is 4.83. The van der Waals surface area contributed by atoms with Crippen LogP contribution in [-0.4, -0.2) is 17.4 Å². The largest absolute Gasteiger partial charge is 0.351 e. The molecular weight excluding hydrogens is 268 g/mol. The van der Waals surface area contributed by atoms with Crippen molar-refractivity contribution >= 4 is 11.6 Å². The molecule has 5 nitrogen and oxygen atoms in total. The number of amides is 1. The lowest BCUT2D eigenvalue weighted by atomic mass is 10.0. The van der Waals surface area contributed by atoms with E-state index in [1.54, 1.807) is 0 Å². The maximum atomic E-state index is 12.0. The highest BCUT2D eigenvalue weighted by Gasteiger charge is 2.11. The average Bonchev–Trinajstić information content (AvgIpc) is 2.53. The van der Waals surface area contributed by atoms with Crippen molar-refractivity contribution in [2.75, 3.05) is 6.54 Å². The van der Waals surface area contributed by atoms with Gasteiger partial charge in [-0.3, -0.25) is 14.9 Å². The molecule has 0 bridgehead atoms. The minimum atomic E-state index is -0.487. The van der Waals surface area contributed by atoms with Gasteiger partial charge in [-0.1, -0.05) is 37.3 Å². The normalized spacial score (nSPS) is 11.7. The Hall–Kier alpha value is -2.69. The highest BCUT2D eigenvalue weighted by atomic mass is 16.6. The molecule has 2 rings (SSSR count). The van der Waals surface area contributed by atoms with Crippen LogP contribution in [-0.2, 0) is 0 Å². The second-order valence-corrected chi connectivity index (χ2v) is 4.83. The summed E-state index contributed by atoms with van der Waals surface area (Å²) in [6.07, 6.45) is 0. The molecule has 0 heterocycles. The molecule has 2 aromatic rings. The molecule has 1 unspecified atom stereocenters. The fourth-order valence-corrected chi connectivity index (χ4v) is 1.98. The van der Waals surface area contributed by atoms with Gasteiger partial charge in [-0.05, 0) is 23.6 Å². The average molecular weight is 284 g/mol. The molecule has 5 heteroatoms. The van der Waals surface area contributed by atoms with E-state index in [0.717, 1.165) is 5.56 Å². The Morgan fingerprint density at radius 2 is 1.76 bits per heavy atom. The Morgan fingerprint density at radius 3 is 2.33 bits per heavy atom. The van der Waals surface area contributed by atoms with Crippen LogP contribution in [0.2, 0.25) is 0 Å². The van der Waals surface area contributed by atoms with Gasteiger partial charge < -0.3 is 5.32 Å². The van der Waals surface area contributed by atoms with Crippen LogP contribution >= 0.6 is 0 Å². The van der Waals surface area contributed by atoms with Gasteiger partial charge in [0.15, 0.2) is 0 Å². The Balaban J connectivity index is 1.94. The van der Waals surface area contributed by atoms with E-state index in [4.69, 9.17) is 0 Å². The first kappa shape index (κ1) is 14.7. The summed E-state index contributed by atoms with van der Waals surface area (Å²) in [6, 6.07) is 15.5. The minimum Gasteiger partial charge on any atom is -0.351 e. The maximum Gasteiger partial charge on any atom is 0.269 e. The molecule has 0 radical (unpaired) electrons. The molecule has 1 N–H and O–H groups in total. The number of nitrogens with zero attached hydrogens (tertiary/aromatic N) is 1. The lowest BCUT2D eigenvalue weighted by Gasteiger charge is -2.13. The highest BCUT2D eigenvalue weighted by Crippen LogP contribution is 2.14. The van der Waals surface area contributed by atoms with Crippen LogP contribution in [0.4, 0.5) is 5.69 Å². The number of hydrogen-bond acceptors (Lipinski definition) is 3. The molecular formula is C16H16N2O3. The van der Waals surface area contributed by atoms with E-state index in [1.165, 1.54) is 24.3 Å². The van der Waals surface area contributed by atoms with E-state index in [-0.39, 0.29) is 17.5 Å². The van der Waals surface area contributed by atoms with Crippen LogP contribution in [0.5, 0.6) is 0 Å². The van der Waals surface area contributed by atoms with E-state index in [1.807, 2.05) is 37.3 Å². The number of nitro benzene ring substituents is 1. The van der Waals surface area contributed by atoms with Crippen molar-refractivity contribution in [2.24, 2.45) is 0 Å². The molecule has 0 saturated carbocycles. The Kier molecular flexibility index (Phi) is 4.66. The second kappa shape index (κ2) is 6.65. The number of nitro groups is 1. The third-order valence-corrected chi connectivity index (χ3v) is 3.28. The predicted octanol–water partition coefficient (Wildman–Crippen LogP) is 3.13. The minimum absolute atomic E-state index is 0.0239. The van der Waals surface area contributed by atoms with Crippen LogP contribution in [0, 0.1) is 10.1 Å². The zero-order valence-corrected chi connectivity index (χ0v) is 11.7. The molecule has 1 atom stereocenters. The van der Waals surface area contributed by atoms with Gasteiger partial charge in [0.2, 0.25) is 0 Å². The molecule has 0 aliphatic carbocycles. The molecule has 108 valence electrons. The topological polar surface area (TPSA) is 72.2 Å². The van der Waals surface area contributed by atoms with Gasteiger partial charge >= 0.3 is 0 Å². The lowest BCUT2D eigenvalue weighted by molar-refractivity contribution is -0.384. The van der Waals surface area contributed by atoms with Crippen molar-refractivity contribution in [1.29, 1.82) is 0 Å². The highest BCUT2D eigenvalue weighted by molar-refractivity contribution is 5.94. The fourth-order valence-electron chi connectivity index (χ4n) is 1.98. The van der Waals surface area contributed by atoms with E-state index in [2.05, 4.69) is 5.32 Å². The van der Waals surface area contributed by atoms with Gasteiger partial charge in [0.05, 0.1) is 4.92 Å². The van der Waals surface area contributed by atoms with Crippen LogP contribution in [0.15, 0.2) is 54.6 Å². The van der Waals surface area contributed by atoms with Crippen molar-refractivity contribution in [3.05, 3.63) is 75.8 Å². The maximum absolute atomic E-state index is 12.0. The van der Waals surface area contributed by atoms with Crippen molar-refractivity contribution in [3.8, 4) is 0 Å². The fraction of sp³-hybridized carbons (Fsp3) is 0.188. The molecule has 21 heavy (non-hydrogen) atoms. The van der Waals surface area contributed by atoms with Crippen LogP contribution in [0.25, 0.3) is 0 Å². The summed E-state index contributed by atoms with van der Waals surface area (Å²) in [5.74, 6) is -0.0270. The number of carbonyl (C=O) groups is 1. The first-order valence-electron chi connectivity index (χ1n) is 6.65. The van der Waals surface area contributed by atoms with E-state index in [9.17, 15) is 14.9 Å². The molecule has 0 aromatic heterocycles. The standard InChI is InChI=1S/C16H16N2O3/c1-12(13-5-3-2-4-6-13)11-17-16(19)14-7-9-15(10-8-14)18(20)21/h2-10,12H,11H2,1H3,(H,17,19). The molecule has 0 aliphatic rings. The third-order valence-electron chi connectivity index (χ3n) is 3.28. The number of nitrogens with one attached hydrogen (secondary N) is 1. The third kappa shape index (κ3) is 3.89. The summed E-state index contributed by atoms with van der Waals surface area (Å²) in [6.45, 7) is 2.55. The molecule has 0 saturated heterocycles. The van der Waals surface area contributed by atoms with Crippen molar-refractivity contribution in [2.45, 2.75) is 12.8 Å². The smallest absolute Gasteiger partial charge is 0.269 e. The molecule has 1 amide bonds. The molecule has 0 aliphatic heterocycles. The summed E-state index contributed by atoms with van der Waals surface area (Å²) in [5.41, 5.74) is 1.55. The SMILES string of the molecule is CC(CNC(=O)c1ccc([N+](=O)[O-])cc1)c1ccccc1. The summed E-state index contributed by atoms with van der Waals surface area (Å²) in [7, 11) is 0. The summed E-state index contributed by atoms with van der Waals surface area (Å²) in [5, 5.41) is 13.4. The number of rotatable bonds is 5. The first-order valence-corrected chi connectivity index (χ1v) is 6.65. The van der Waals surface area contributed by atoms with Crippen LogP contribution < -0.4 is 5.32 Å². The lowest BCUT2D eigenvalue weighted by Crippen LogP contribution is -2.27. The monoisotopic (exact) mass is 284 g/mol. The predicted molar refractivity (Wildman–Crippen MR) is 80.3 cm³/mol. The number of non-ortho nitro benzene ring substituents is 1. The Labute approximate surface area is 122 Å². The number of benzene rings is 2. The van der Waals surface area contributed by atoms with Gasteiger partial charge in [0, 0.05) is 24.2 Å². The van der Waals surface area contributed by atoms with E-state index in [0.29, 0.717) is 12.1 Å². The van der Waals surface area contributed by atoms with Crippen molar-refractivity contribution < 1.29 is 9.72 Å². The van der Waals surface area contributed by atoms with Crippen LogP contribution in [0.1, 0.15) is 28.8 Å². The van der Waals surface area contributed by atoms with Crippen molar-refractivity contribution in [3.63, 3.8) is 0 Å². The van der Waals surface area contributed by atoms with Gasteiger partial charge in [0.1, 0.15) is 0 Å². The Bertz CT molecular complexity index is 624. The summed E-state index contributed by atoms with van der Waals surface area (Å²) >= 11 is 0. The zero-order valence-electron chi connectivity index (χ0n) is 11.7. The summed E-state index contributed by atoms with van der Waals surface area (Å²) < 4.78 is 0. The molecule has 2 aromatic carbocycles. The van der Waals surface area contributed by atoms with Gasteiger partial charge in [0.25, 0.3) is 11.6 Å². The number of carbonyl (C=O) groups excluding carboxylic acids is 1.